The van der Waals surface area contributed by atoms with Crippen LogP contribution >= 0.6 is 0 Å². The standard InChI is InChI=1S/C12H15N5O2/c1-6(12(18)15-7-2-3-7)14-9-5-4-8(13)10-11(9)17-19-16-10/h4-7,14H,2-3,13H2,1H3,(H,15,18). The highest BCUT2D eigenvalue weighted by molar-refractivity contribution is 5.96. The van der Waals surface area contributed by atoms with Crippen molar-refractivity contribution in [2.75, 3.05) is 11.1 Å². The van der Waals surface area contributed by atoms with E-state index >= 15 is 0 Å². The van der Waals surface area contributed by atoms with E-state index in [9.17, 15) is 4.79 Å². The molecule has 19 heavy (non-hydrogen) atoms. The van der Waals surface area contributed by atoms with Crippen molar-refractivity contribution in [3.63, 3.8) is 0 Å². The molecule has 7 nitrogen and oxygen atoms in total. The molecule has 1 fully saturated rings. The summed E-state index contributed by atoms with van der Waals surface area (Å²) in [6.45, 7) is 1.80. The Morgan fingerprint density at radius 2 is 2.16 bits per heavy atom. The maximum atomic E-state index is 11.9. The van der Waals surface area contributed by atoms with Crippen molar-refractivity contribution in [1.29, 1.82) is 0 Å². The highest BCUT2D eigenvalue weighted by Gasteiger charge is 2.26. The van der Waals surface area contributed by atoms with Crippen LogP contribution in [0.15, 0.2) is 16.8 Å². The molecule has 1 aliphatic carbocycles. The molecule has 0 radical (unpaired) electrons. The molecule has 1 heterocycles. The molecule has 0 spiro atoms. The van der Waals surface area contributed by atoms with E-state index in [-0.39, 0.29) is 11.9 Å². The number of nitrogen functional groups attached to an aromatic ring is 1. The van der Waals surface area contributed by atoms with Gasteiger partial charge in [-0.3, -0.25) is 4.79 Å². The molecule has 2 aromatic rings. The second kappa shape index (κ2) is 4.42. The van der Waals surface area contributed by atoms with Gasteiger partial charge in [0.25, 0.3) is 0 Å². The number of nitrogens with zero attached hydrogens (tertiary/aromatic N) is 2. The summed E-state index contributed by atoms with van der Waals surface area (Å²) in [7, 11) is 0. The molecule has 3 rings (SSSR count). The van der Waals surface area contributed by atoms with E-state index < -0.39 is 0 Å². The van der Waals surface area contributed by atoms with Gasteiger partial charge in [0.1, 0.15) is 6.04 Å². The minimum Gasteiger partial charge on any atom is -0.397 e. The molecule has 0 saturated heterocycles. The Bertz CT molecular complexity index is 620. The zero-order valence-corrected chi connectivity index (χ0v) is 10.5. The average molecular weight is 261 g/mol. The lowest BCUT2D eigenvalue weighted by molar-refractivity contribution is -0.121. The highest BCUT2D eigenvalue weighted by Crippen LogP contribution is 2.26. The number of anilines is 2. The van der Waals surface area contributed by atoms with Gasteiger partial charge in [0, 0.05) is 6.04 Å². The Kier molecular flexibility index (Phi) is 2.73. The third-order valence-corrected chi connectivity index (χ3v) is 3.14. The van der Waals surface area contributed by atoms with Crippen LogP contribution in [0.2, 0.25) is 0 Å². The van der Waals surface area contributed by atoms with Crippen LogP contribution in [0.1, 0.15) is 19.8 Å². The van der Waals surface area contributed by atoms with Crippen LogP contribution in [-0.4, -0.2) is 28.3 Å². The SMILES string of the molecule is CC(Nc1ccc(N)c2nonc12)C(=O)NC1CC1. The highest BCUT2D eigenvalue weighted by atomic mass is 16.6. The van der Waals surface area contributed by atoms with Crippen molar-refractivity contribution in [1.82, 2.24) is 15.6 Å². The number of nitrogens with two attached hydrogens (primary N) is 1. The number of rotatable bonds is 4. The molecule has 1 aromatic heterocycles. The number of fused-ring (bicyclic) bond motifs is 1. The van der Waals surface area contributed by atoms with Crippen molar-refractivity contribution >= 4 is 28.3 Å². The molecule has 100 valence electrons. The summed E-state index contributed by atoms with van der Waals surface area (Å²) < 4.78 is 4.68. The van der Waals surface area contributed by atoms with Crippen LogP contribution in [0.5, 0.6) is 0 Å². The molecule has 0 aliphatic heterocycles. The van der Waals surface area contributed by atoms with Crippen molar-refractivity contribution in [2.24, 2.45) is 0 Å². The van der Waals surface area contributed by atoms with Gasteiger partial charge in [-0.15, -0.1) is 0 Å². The minimum absolute atomic E-state index is 0.0241. The van der Waals surface area contributed by atoms with Gasteiger partial charge in [-0.1, -0.05) is 0 Å². The summed E-state index contributed by atoms with van der Waals surface area (Å²) in [5.74, 6) is -0.0241. The van der Waals surface area contributed by atoms with Crippen molar-refractivity contribution in [3.05, 3.63) is 12.1 Å². The number of aromatic nitrogens is 2. The first-order valence-electron chi connectivity index (χ1n) is 6.23. The predicted octanol–water partition coefficient (Wildman–Crippen LogP) is 0.884. The van der Waals surface area contributed by atoms with Crippen LogP contribution in [0.4, 0.5) is 11.4 Å². The zero-order valence-electron chi connectivity index (χ0n) is 10.5. The van der Waals surface area contributed by atoms with E-state index in [4.69, 9.17) is 5.73 Å². The van der Waals surface area contributed by atoms with E-state index in [2.05, 4.69) is 25.6 Å². The van der Waals surface area contributed by atoms with Gasteiger partial charge in [-0.2, -0.15) is 0 Å². The van der Waals surface area contributed by atoms with Crippen molar-refractivity contribution < 1.29 is 9.42 Å². The van der Waals surface area contributed by atoms with Gasteiger partial charge in [0.15, 0.2) is 11.0 Å². The Labute approximate surface area is 109 Å². The number of hydrogen-bond acceptors (Lipinski definition) is 6. The number of carbonyl (C=O) groups excluding carboxylic acids is 1. The number of nitrogens with one attached hydrogen (secondary N) is 2. The molecule has 1 saturated carbocycles. The van der Waals surface area contributed by atoms with E-state index in [1.165, 1.54) is 0 Å². The van der Waals surface area contributed by atoms with Gasteiger partial charge in [0.05, 0.1) is 11.4 Å². The van der Waals surface area contributed by atoms with Gasteiger partial charge in [-0.25, -0.2) is 4.63 Å². The van der Waals surface area contributed by atoms with Gasteiger partial charge >= 0.3 is 0 Å². The fourth-order valence-electron chi connectivity index (χ4n) is 1.85. The van der Waals surface area contributed by atoms with E-state index in [1.54, 1.807) is 19.1 Å². The van der Waals surface area contributed by atoms with Crippen molar-refractivity contribution in [3.8, 4) is 0 Å². The Hall–Kier alpha value is -2.31. The quantitative estimate of drug-likeness (QED) is 0.705. The second-order valence-corrected chi connectivity index (χ2v) is 4.81. The van der Waals surface area contributed by atoms with Crippen molar-refractivity contribution in [2.45, 2.75) is 31.8 Å². The Morgan fingerprint density at radius 1 is 1.42 bits per heavy atom. The monoisotopic (exact) mass is 261 g/mol. The minimum atomic E-state index is -0.357. The molecule has 0 bridgehead atoms. The third-order valence-electron chi connectivity index (χ3n) is 3.14. The normalized spacial score (nSPS) is 16.3. The summed E-state index contributed by atoms with van der Waals surface area (Å²) in [4.78, 5) is 11.9. The molecular weight excluding hydrogens is 246 g/mol. The summed E-state index contributed by atoms with van der Waals surface area (Å²) in [6, 6.07) is 3.46. The molecule has 1 unspecified atom stereocenters. The average Bonchev–Trinajstić information content (AvgIpc) is 3.05. The smallest absolute Gasteiger partial charge is 0.242 e. The van der Waals surface area contributed by atoms with Gasteiger partial charge in [0.2, 0.25) is 5.91 Å². The predicted molar refractivity (Wildman–Crippen MR) is 70.5 cm³/mol. The van der Waals surface area contributed by atoms with Gasteiger partial charge < -0.3 is 16.4 Å². The summed E-state index contributed by atoms with van der Waals surface area (Å²) >= 11 is 0. The lowest BCUT2D eigenvalue weighted by Crippen LogP contribution is -2.38. The fraction of sp³-hybridized carbons (Fsp3) is 0.417. The van der Waals surface area contributed by atoms with E-state index in [1.807, 2.05) is 0 Å². The summed E-state index contributed by atoms with van der Waals surface area (Å²) in [5, 5.41) is 13.6. The second-order valence-electron chi connectivity index (χ2n) is 4.81. The zero-order chi connectivity index (χ0) is 13.4. The van der Waals surface area contributed by atoms with Crippen LogP contribution in [0.25, 0.3) is 11.0 Å². The van der Waals surface area contributed by atoms with Crippen LogP contribution in [-0.2, 0) is 4.79 Å². The number of benzene rings is 1. The molecule has 1 amide bonds. The lowest BCUT2D eigenvalue weighted by Gasteiger charge is -2.15. The molecule has 1 atom stereocenters. The van der Waals surface area contributed by atoms with Crippen LogP contribution in [0.3, 0.4) is 0 Å². The topological polar surface area (TPSA) is 106 Å². The number of amides is 1. The summed E-state index contributed by atoms with van der Waals surface area (Å²) in [5.41, 5.74) is 7.98. The molecule has 1 aromatic carbocycles. The first kappa shape index (κ1) is 11.8. The van der Waals surface area contributed by atoms with Crippen LogP contribution < -0.4 is 16.4 Å². The Balaban J connectivity index is 1.78. The third kappa shape index (κ3) is 2.31. The maximum absolute atomic E-state index is 11.9. The lowest BCUT2D eigenvalue weighted by atomic mass is 10.2. The first-order valence-corrected chi connectivity index (χ1v) is 6.23. The molecule has 4 N–H and O–H groups in total. The largest absolute Gasteiger partial charge is 0.397 e. The molecule has 7 heteroatoms. The van der Waals surface area contributed by atoms with Crippen LogP contribution in [0, 0.1) is 0 Å². The number of hydrogen-bond donors (Lipinski definition) is 3. The summed E-state index contributed by atoms with van der Waals surface area (Å²) in [6.07, 6.45) is 2.13. The Morgan fingerprint density at radius 3 is 2.89 bits per heavy atom. The fourth-order valence-corrected chi connectivity index (χ4v) is 1.85. The van der Waals surface area contributed by atoms with E-state index in [0.717, 1.165) is 12.8 Å². The van der Waals surface area contributed by atoms with Gasteiger partial charge in [-0.05, 0) is 42.2 Å². The first-order chi connectivity index (χ1) is 9.15. The molecular formula is C12H15N5O2. The van der Waals surface area contributed by atoms with E-state index in [0.29, 0.717) is 28.5 Å². The number of carbonyl (C=O) groups is 1. The molecule has 1 aliphatic rings. The maximum Gasteiger partial charge on any atom is 0.242 e.